The second-order valence-corrected chi connectivity index (χ2v) is 8.05. The Morgan fingerprint density at radius 2 is 2.07 bits per heavy atom. The van der Waals surface area contributed by atoms with E-state index in [1.165, 1.54) is 11.0 Å². The van der Waals surface area contributed by atoms with Crippen LogP contribution in [0.3, 0.4) is 0 Å². The zero-order valence-electron chi connectivity index (χ0n) is 15.5. The van der Waals surface area contributed by atoms with Gasteiger partial charge in [0.05, 0.1) is 11.9 Å². The van der Waals surface area contributed by atoms with Crippen molar-refractivity contribution in [2.75, 3.05) is 17.8 Å². The van der Waals surface area contributed by atoms with Crippen LogP contribution in [0.15, 0.2) is 52.4 Å². The van der Waals surface area contributed by atoms with Crippen LogP contribution in [-0.2, 0) is 4.74 Å². The summed E-state index contributed by atoms with van der Waals surface area (Å²) in [6.45, 7) is 5.83. The first kappa shape index (κ1) is 18.4. The van der Waals surface area contributed by atoms with Crippen LogP contribution in [0, 0.1) is 0 Å². The number of methoxy groups -OCH3 is 1. The molecule has 1 aromatic rings. The minimum atomic E-state index is -4.49. The molecular formula is C19H20F3N3OS. The van der Waals surface area contributed by atoms with Gasteiger partial charge in [-0.1, -0.05) is 13.0 Å². The maximum atomic E-state index is 13.9. The number of fused-ring (bicyclic) bond motifs is 3. The normalized spacial score (nSPS) is 26.6. The standard InChI is InChI=1S/C19H20F3N3OS/c1-5-27-14-10-23-17-24(14)16-12(3)15(26-4)11(2)9-18(16)8-6-7-13(25(17)18)19(20,21)22/h6-10,15H,5H2,1-4H3. The average Bonchev–Trinajstić information content (AvgIpc) is 3.10. The fourth-order valence-electron chi connectivity index (χ4n) is 4.36. The molecule has 0 saturated heterocycles. The number of anilines is 1. The lowest BCUT2D eigenvalue weighted by molar-refractivity contribution is -0.0941. The Morgan fingerprint density at radius 3 is 2.70 bits per heavy atom. The molecule has 3 aliphatic rings. The number of ether oxygens (including phenoxy) is 1. The molecule has 0 N–H and O–H groups in total. The highest BCUT2D eigenvalue weighted by Gasteiger charge is 2.57. The van der Waals surface area contributed by atoms with Crippen molar-refractivity contribution in [3.63, 3.8) is 0 Å². The van der Waals surface area contributed by atoms with Gasteiger partial charge in [-0.05, 0) is 49.0 Å². The summed E-state index contributed by atoms with van der Waals surface area (Å²) in [5, 5.41) is 0.827. The fourth-order valence-corrected chi connectivity index (χ4v) is 5.09. The van der Waals surface area contributed by atoms with Crippen molar-refractivity contribution in [2.45, 2.75) is 43.6 Å². The Labute approximate surface area is 160 Å². The number of imidazole rings is 1. The Kier molecular flexibility index (Phi) is 4.12. The van der Waals surface area contributed by atoms with Gasteiger partial charge in [0.15, 0.2) is 0 Å². The molecule has 1 spiro atoms. The van der Waals surface area contributed by atoms with Gasteiger partial charge in [0.25, 0.3) is 0 Å². The highest BCUT2D eigenvalue weighted by molar-refractivity contribution is 7.99. The van der Waals surface area contributed by atoms with E-state index < -0.39 is 17.4 Å². The van der Waals surface area contributed by atoms with Crippen molar-refractivity contribution in [1.29, 1.82) is 0 Å². The minimum Gasteiger partial charge on any atom is -0.373 e. The third-order valence-electron chi connectivity index (χ3n) is 5.18. The van der Waals surface area contributed by atoms with E-state index in [2.05, 4.69) is 4.98 Å². The van der Waals surface area contributed by atoms with Gasteiger partial charge < -0.3 is 4.74 Å². The Hall–Kier alpha value is -1.93. The van der Waals surface area contributed by atoms with Crippen LogP contribution in [0.4, 0.5) is 19.1 Å². The summed E-state index contributed by atoms with van der Waals surface area (Å²) in [6.07, 6.45) is 3.17. The van der Waals surface area contributed by atoms with Crippen LogP contribution in [0.25, 0.3) is 5.70 Å². The summed E-state index contributed by atoms with van der Waals surface area (Å²) in [7, 11) is 1.62. The second-order valence-electron chi connectivity index (χ2n) is 6.77. The molecule has 2 atom stereocenters. The highest BCUT2D eigenvalue weighted by atomic mass is 32.2. The molecule has 27 heavy (non-hydrogen) atoms. The zero-order chi connectivity index (χ0) is 19.6. The average molecular weight is 395 g/mol. The number of hydrogen-bond acceptors (Lipinski definition) is 4. The molecule has 0 amide bonds. The smallest absolute Gasteiger partial charge is 0.373 e. The number of halogens is 3. The molecular weight excluding hydrogens is 375 g/mol. The number of allylic oxidation sites excluding steroid dienone is 3. The predicted octanol–water partition coefficient (Wildman–Crippen LogP) is 4.78. The van der Waals surface area contributed by atoms with Gasteiger partial charge in [-0.3, -0.25) is 9.47 Å². The van der Waals surface area contributed by atoms with Gasteiger partial charge in [0, 0.05) is 7.11 Å². The van der Waals surface area contributed by atoms with Crippen molar-refractivity contribution in [2.24, 2.45) is 0 Å². The molecule has 0 bridgehead atoms. The second kappa shape index (κ2) is 6.04. The molecule has 0 aromatic carbocycles. The first-order valence-electron chi connectivity index (χ1n) is 8.67. The molecule has 4 nitrogen and oxygen atoms in total. The van der Waals surface area contributed by atoms with Crippen molar-refractivity contribution >= 4 is 23.4 Å². The van der Waals surface area contributed by atoms with Crippen LogP contribution in [0.1, 0.15) is 20.8 Å². The van der Waals surface area contributed by atoms with E-state index >= 15 is 0 Å². The van der Waals surface area contributed by atoms with Crippen molar-refractivity contribution < 1.29 is 17.9 Å². The first-order valence-corrected chi connectivity index (χ1v) is 9.66. The van der Waals surface area contributed by atoms with Crippen LogP contribution >= 0.6 is 11.8 Å². The van der Waals surface area contributed by atoms with Gasteiger partial charge in [0.1, 0.15) is 22.4 Å². The van der Waals surface area contributed by atoms with E-state index in [0.717, 1.165) is 33.7 Å². The van der Waals surface area contributed by atoms with Crippen LogP contribution in [0.2, 0.25) is 0 Å². The number of nitrogens with zero attached hydrogens (tertiary/aromatic N) is 3. The van der Waals surface area contributed by atoms with E-state index in [0.29, 0.717) is 0 Å². The lowest BCUT2D eigenvalue weighted by Gasteiger charge is -2.42. The number of hydrogen-bond donors (Lipinski definition) is 0. The predicted molar refractivity (Wildman–Crippen MR) is 101 cm³/mol. The summed E-state index contributed by atoms with van der Waals surface area (Å²) >= 11 is 1.56. The molecule has 4 rings (SSSR count). The molecule has 3 heterocycles. The zero-order valence-corrected chi connectivity index (χ0v) is 16.3. The van der Waals surface area contributed by atoms with E-state index in [9.17, 15) is 13.2 Å². The minimum absolute atomic E-state index is 0.269. The van der Waals surface area contributed by atoms with Crippen LogP contribution < -0.4 is 4.90 Å². The van der Waals surface area contributed by atoms with E-state index in [4.69, 9.17) is 4.74 Å². The topological polar surface area (TPSA) is 30.3 Å². The van der Waals surface area contributed by atoms with E-state index in [1.807, 2.05) is 37.5 Å². The van der Waals surface area contributed by atoms with Gasteiger partial charge in [-0.15, -0.1) is 11.8 Å². The SMILES string of the molecule is CCSc1cnc2n1C1=C(C)C(OC)C(C)=CC13C=CC=C(C(F)(F)F)N23. The van der Waals surface area contributed by atoms with Crippen molar-refractivity contribution in [3.05, 3.63) is 47.3 Å². The number of aromatic nitrogens is 2. The molecule has 1 aromatic heterocycles. The van der Waals surface area contributed by atoms with Crippen molar-refractivity contribution in [3.8, 4) is 0 Å². The maximum Gasteiger partial charge on any atom is 0.431 e. The molecule has 8 heteroatoms. The van der Waals surface area contributed by atoms with Gasteiger partial charge >= 0.3 is 6.18 Å². The molecule has 0 radical (unpaired) electrons. The maximum absolute atomic E-state index is 13.9. The van der Waals surface area contributed by atoms with E-state index in [1.54, 1.807) is 25.1 Å². The van der Waals surface area contributed by atoms with Crippen molar-refractivity contribution in [1.82, 2.24) is 9.55 Å². The summed E-state index contributed by atoms with van der Waals surface area (Å²) in [6, 6.07) is 0. The van der Waals surface area contributed by atoms with Crippen LogP contribution in [-0.4, -0.2) is 40.2 Å². The monoisotopic (exact) mass is 395 g/mol. The molecule has 2 unspecified atom stereocenters. The fraction of sp³-hybridized carbons (Fsp3) is 0.421. The lowest BCUT2D eigenvalue weighted by atomic mass is 9.79. The molecule has 2 aliphatic heterocycles. The lowest BCUT2D eigenvalue weighted by Crippen LogP contribution is -2.50. The van der Waals surface area contributed by atoms with Crippen LogP contribution in [0.5, 0.6) is 0 Å². The molecule has 1 aliphatic carbocycles. The Bertz CT molecular complexity index is 925. The van der Waals surface area contributed by atoms with Gasteiger partial charge in [0.2, 0.25) is 5.95 Å². The third-order valence-corrected chi connectivity index (χ3v) is 6.05. The van der Waals surface area contributed by atoms with E-state index in [-0.39, 0.29) is 12.1 Å². The third kappa shape index (κ3) is 2.39. The van der Waals surface area contributed by atoms with Gasteiger partial charge in [-0.25, -0.2) is 4.98 Å². The largest absolute Gasteiger partial charge is 0.431 e. The summed E-state index contributed by atoms with van der Waals surface area (Å²) in [4.78, 5) is 5.69. The van der Waals surface area contributed by atoms with Gasteiger partial charge in [-0.2, -0.15) is 13.2 Å². The Morgan fingerprint density at radius 1 is 1.33 bits per heavy atom. The molecule has 144 valence electrons. The quantitative estimate of drug-likeness (QED) is 0.545. The number of thioether (sulfide) groups is 1. The summed E-state index contributed by atoms with van der Waals surface area (Å²) in [5.41, 5.74) is 0.787. The Balaban J connectivity index is 2.04. The number of rotatable bonds is 3. The molecule has 0 fully saturated rings. The molecule has 0 saturated carbocycles. The highest BCUT2D eigenvalue weighted by Crippen LogP contribution is 2.55. The summed E-state index contributed by atoms with van der Waals surface area (Å²) in [5.74, 6) is 1.08. The summed E-state index contributed by atoms with van der Waals surface area (Å²) < 4.78 is 49.1. The first-order chi connectivity index (χ1) is 12.8. The number of alkyl halides is 3.